The van der Waals surface area contributed by atoms with Crippen LogP contribution >= 0.6 is 170 Å². The third-order valence-corrected chi connectivity index (χ3v) is 30.6. The molecule has 4 amide bonds. The van der Waals surface area contributed by atoms with Crippen LogP contribution in [0, 0.1) is 0 Å². The molecule has 0 aliphatic carbocycles. The van der Waals surface area contributed by atoms with Gasteiger partial charge in [0.25, 0.3) is 0 Å². The van der Waals surface area contributed by atoms with Crippen molar-refractivity contribution in [1.82, 2.24) is 21.3 Å². The summed E-state index contributed by atoms with van der Waals surface area (Å²) in [5.41, 5.74) is 0. The summed E-state index contributed by atoms with van der Waals surface area (Å²) in [5.74, 6) is -10.9. The molecule has 41 heteroatoms. The Morgan fingerprint density at radius 2 is 0.526 bits per heavy atom. The van der Waals surface area contributed by atoms with Crippen molar-refractivity contribution in [1.29, 1.82) is 0 Å². The Balaban J connectivity index is 0.000000659. The van der Waals surface area contributed by atoms with E-state index in [4.69, 9.17) is 30.6 Å². The lowest BCUT2D eigenvalue weighted by atomic mass is 10.1. The van der Waals surface area contributed by atoms with Crippen molar-refractivity contribution >= 4 is 253 Å². The quantitative estimate of drug-likeness (QED) is 0.0145. The van der Waals surface area contributed by atoms with Gasteiger partial charge in [-0.25, -0.2) is 0 Å². The minimum absolute atomic E-state index is 0.0373. The van der Waals surface area contributed by atoms with Gasteiger partial charge in [-0.05, 0) is 81.1 Å². The van der Waals surface area contributed by atoms with Crippen molar-refractivity contribution in [2.75, 3.05) is 26.2 Å². The van der Waals surface area contributed by atoms with Gasteiger partial charge in [-0.15, -0.1) is 94.1 Å². The molecule has 554 valence electrons. The fourth-order valence-corrected chi connectivity index (χ4v) is 22.3. The molecule has 14 unspecified atom stereocenters. The van der Waals surface area contributed by atoms with Crippen LogP contribution in [0.4, 0.5) is 0 Å². The Morgan fingerprint density at radius 1 is 0.330 bits per heavy atom. The molecule has 14 atom stereocenters. The molecule has 5 aliphatic heterocycles. The first-order chi connectivity index (χ1) is 44.7. The topological polar surface area (TPSA) is 458 Å². The Labute approximate surface area is 630 Å². The third-order valence-electron chi connectivity index (χ3n) is 13.4. The van der Waals surface area contributed by atoms with Crippen molar-refractivity contribution in [3.63, 3.8) is 0 Å². The van der Waals surface area contributed by atoms with E-state index in [-0.39, 0.29) is 50.6 Å². The second kappa shape index (κ2) is 44.4. The highest BCUT2D eigenvalue weighted by Gasteiger charge is 2.55. The van der Waals surface area contributed by atoms with Crippen molar-refractivity contribution < 1.29 is 113 Å². The molecule has 5 aliphatic rings. The van der Waals surface area contributed by atoms with Gasteiger partial charge in [0.2, 0.25) is 23.6 Å². The Hall–Kier alpha value is -2.32. The number of carbonyl (C=O) groups excluding carboxylic acids is 6. The molecular formula is C56H88N4O23S14. The molecule has 97 heavy (non-hydrogen) atoms. The number of hydrogen-bond donors (Lipinski definition) is 18. The summed E-state index contributed by atoms with van der Waals surface area (Å²) in [4.78, 5) is 156. The standard InChI is InChI=1S/C22H36N2O6S4.C16H28N2O6S4.C7H10O4S2.C7H8O3S2.C4H6O4S2/c1-21(2)31-13(15(33-21)19(27)28)17(25)23-11-9-7-5-6-8-10-12-24-18(26)14-16(20(29)30)34-22(3,4)32-14;19-13(9(25)11(27)15(21)22)17-7-5-3-1-2-4-6-8-18-14(20)10(26)12(28)16(23)24;1-7(2)12-3(5(8)9)4(13-7)6(10)11;1-7(2)11-3-4(12-7)6(9)10-5(3)8;5-3(6)1(9)2(10)4(7)8/h13-16H,5-12H2,1-4H3,(H,23,25)(H,24,26)(H,27,28)(H,29,30);9-12,25-28H,1-8H2,(H,17,19)(H,18,20)(H,21,22)(H,23,24);3-4H,1-2H3,(H,8,9)(H,10,11);3-4H,1-2H3;1-2,9-10H,(H,5,6)(H,7,8). The number of nitrogens with one attached hydrogen (secondary N) is 4. The maximum absolute atomic E-state index is 12.4. The van der Waals surface area contributed by atoms with Crippen LogP contribution < -0.4 is 21.3 Å². The highest BCUT2D eigenvalue weighted by atomic mass is 32.2. The average Bonchev–Trinajstić information content (AvgIpc) is 1.67. The van der Waals surface area contributed by atoms with E-state index in [0.717, 1.165) is 77.0 Å². The molecule has 5 saturated heterocycles. The molecule has 0 bridgehead atoms. The number of unbranched alkanes of at least 4 members (excludes halogenated alkanes) is 10. The van der Waals surface area contributed by atoms with Crippen LogP contribution in [-0.4, -0.2) is 240 Å². The zero-order chi connectivity index (χ0) is 74.7. The summed E-state index contributed by atoms with van der Waals surface area (Å²) in [7, 11) is 0. The van der Waals surface area contributed by atoms with Gasteiger partial charge in [0, 0.05) is 26.2 Å². The van der Waals surface area contributed by atoms with Gasteiger partial charge in [0.15, 0.2) is 0 Å². The molecule has 0 saturated carbocycles. The maximum atomic E-state index is 12.4. The number of carboxylic acids is 8. The Kier molecular flexibility index (Phi) is 42.4. The van der Waals surface area contributed by atoms with Gasteiger partial charge in [0.05, 0.1) is 16.3 Å². The van der Waals surface area contributed by atoms with Crippen molar-refractivity contribution in [3.8, 4) is 0 Å². The molecule has 0 radical (unpaired) electrons. The molecule has 5 rings (SSSR count). The van der Waals surface area contributed by atoms with E-state index in [1.807, 2.05) is 55.4 Å². The molecule has 0 aromatic heterocycles. The fraction of sp³-hybridized carbons (Fsp3) is 0.750. The number of amides is 4. The monoisotopic (exact) mass is 1630 g/mol. The normalized spacial score (nSPS) is 24.5. The minimum atomic E-state index is -1.29. The third kappa shape index (κ3) is 34.2. The fourth-order valence-electron chi connectivity index (χ4n) is 8.71. The van der Waals surface area contributed by atoms with Gasteiger partial charge < -0.3 is 66.9 Å². The van der Waals surface area contributed by atoms with Gasteiger partial charge in [-0.1, -0.05) is 51.4 Å². The zero-order valence-electron chi connectivity index (χ0n) is 54.0. The van der Waals surface area contributed by atoms with Crippen LogP contribution in [0.25, 0.3) is 0 Å². The van der Waals surface area contributed by atoms with E-state index in [0.29, 0.717) is 26.2 Å². The number of carbonyl (C=O) groups is 14. The summed E-state index contributed by atoms with van der Waals surface area (Å²) < 4.78 is 3.57. The lowest BCUT2D eigenvalue weighted by Gasteiger charge is -2.15. The van der Waals surface area contributed by atoms with Crippen LogP contribution in [-0.2, 0) is 71.9 Å². The van der Waals surface area contributed by atoms with E-state index in [9.17, 15) is 77.3 Å². The van der Waals surface area contributed by atoms with Gasteiger partial charge in [-0.3, -0.25) is 67.1 Å². The van der Waals surface area contributed by atoms with Crippen molar-refractivity contribution in [3.05, 3.63) is 0 Å². The number of thiol groups is 6. The summed E-state index contributed by atoms with van der Waals surface area (Å²) in [5, 5.41) is 69.7. The maximum Gasteiger partial charge on any atom is 0.328 e. The summed E-state index contributed by atoms with van der Waals surface area (Å²) in [6.45, 7) is 17.4. The molecule has 12 N–H and O–H groups in total. The van der Waals surface area contributed by atoms with E-state index < -0.39 is 123 Å². The number of aliphatic carboxylic acids is 8. The largest absolute Gasteiger partial charge is 0.480 e. The van der Waals surface area contributed by atoms with E-state index in [1.54, 1.807) is 0 Å². The number of esters is 2. The zero-order valence-corrected chi connectivity index (χ0v) is 65.9. The van der Waals surface area contributed by atoms with Gasteiger partial charge in [-0.2, -0.15) is 75.8 Å². The second-order valence-electron chi connectivity index (χ2n) is 23.4. The summed E-state index contributed by atoms with van der Waals surface area (Å²) >= 11 is 33.5. The average molecular weight is 1630 g/mol. The smallest absolute Gasteiger partial charge is 0.328 e. The number of hydrogen-bond acceptors (Lipinski definition) is 29. The number of rotatable bonds is 33. The van der Waals surface area contributed by atoms with Crippen LogP contribution in [0.2, 0.25) is 0 Å². The van der Waals surface area contributed by atoms with Crippen LogP contribution in [0.15, 0.2) is 0 Å². The van der Waals surface area contributed by atoms with Crippen LogP contribution in [0.1, 0.15) is 132 Å². The SMILES string of the molecule is CC1(C)SC(C(=O)O)C(C(=O)NCCCCCCCCNC(=O)C2SC(C)(C)SC2C(=O)O)S1.CC1(C)SC(C(=O)O)C(C(=O)O)S1.CC1(C)SC2C(=O)OC(=O)C2S1.O=C(O)C(S)C(S)C(=O)NCCCCCCCCNC(=O)C(S)C(S)C(=O)O.O=C(O)C(S)C(S)C(=O)O. The predicted molar refractivity (Wildman–Crippen MR) is 404 cm³/mol. The van der Waals surface area contributed by atoms with E-state index in [2.05, 4.69) is 102 Å². The van der Waals surface area contributed by atoms with Crippen molar-refractivity contribution in [2.24, 2.45) is 0 Å². The number of cyclic esters (lactones) is 2. The minimum Gasteiger partial charge on any atom is -0.480 e. The Bertz CT molecular complexity index is 2580. The molecule has 0 aromatic carbocycles. The summed E-state index contributed by atoms with van der Waals surface area (Å²) in [6.07, 6.45) is 11.0. The lowest BCUT2D eigenvalue weighted by Crippen LogP contribution is -2.40. The highest BCUT2D eigenvalue weighted by molar-refractivity contribution is 8.24. The number of ether oxygens (including phenoxy) is 1. The molecule has 0 aromatic rings. The first kappa shape index (κ1) is 92.7. The predicted octanol–water partition coefficient (Wildman–Crippen LogP) is 6.44. The molecule has 27 nitrogen and oxygen atoms in total. The molecular weight excluding hydrogens is 1550 g/mol. The lowest BCUT2D eigenvalue weighted by molar-refractivity contribution is -0.152. The molecule has 0 spiro atoms. The van der Waals surface area contributed by atoms with Gasteiger partial charge >= 0.3 is 59.7 Å². The number of fused-ring (bicyclic) bond motifs is 1. The first-order valence-corrected chi connectivity index (χ1v) is 40.0. The highest BCUT2D eigenvalue weighted by Crippen LogP contribution is 2.56. The van der Waals surface area contributed by atoms with Crippen molar-refractivity contribution in [2.45, 2.75) is 222 Å². The van der Waals surface area contributed by atoms with E-state index >= 15 is 0 Å². The molecule has 5 fully saturated rings. The summed E-state index contributed by atoms with van der Waals surface area (Å²) in [6, 6.07) is 0. The second-order valence-corrected chi connectivity index (χ2v) is 41.9. The molecule has 5 heterocycles. The first-order valence-electron chi connectivity index (χ1n) is 29.9. The number of thioether (sulfide) groups is 8. The van der Waals surface area contributed by atoms with Gasteiger partial charge in [0.1, 0.15) is 73.5 Å². The van der Waals surface area contributed by atoms with Crippen LogP contribution in [0.5, 0.6) is 0 Å². The number of carboxylic acid groups (broad SMARTS) is 8. The Morgan fingerprint density at radius 3 is 0.763 bits per heavy atom. The van der Waals surface area contributed by atoms with Crippen LogP contribution in [0.3, 0.4) is 0 Å². The van der Waals surface area contributed by atoms with E-state index in [1.165, 1.54) is 94.1 Å².